The molecule has 1 aliphatic rings. The molecule has 2 aromatic rings. The summed E-state index contributed by atoms with van der Waals surface area (Å²) in [7, 11) is -0.668. The molecule has 30 heavy (non-hydrogen) atoms. The lowest BCUT2D eigenvalue weighted by molar-refractivity contribution is -0.114. The van der Waals surface area contributed by atoms with Crippen LogP contribution in [0, 0.1) is 6.92 Å². The van der Waals surface area contributed by atoms with E-state index in [-0.39, 0.29) is 29.5 Å². The Kier molecular flexibility index (Phi) is 5.86. The van der Waals surface area contributed by atoms with Gasteiger partial charge in [-0.25, -0.2) is 13.2 Å². The van der Waals surface area contributed by atoms with E-state index in [9.17, 15) is 22.8 Å². The molecule has 1 N–H and O–H groups in total. The van der Waals surface area contributed by atoms with Crippen molar-refractivity contribution in [3.63, 3.8) is 0 Å². The van der Waals surface area contributed by atoms with Crippen molar-refractivity contribution in [1.82, 2.24) is 13.4 Å². The van der Waals surface area contributed by atoms with E-state index in [0.717, 1.165) is 4.57 Å². The highest BCUT2D eigenvalue weighted by Gasteiger charge is 2.30. The van der Waals surface area contributed by atoms with Gasteiger partial charge in [0, 0.05) is 58.6 Å². The molecule has 0 radical (unpaired) electrons. The summed E-state index contributed by atoms with van der Waals surface area (Å²) in [6, 6.07) is 6.00. The molecular formula is C19H25N5O5S. The van der Waals surface area contributed by atoms with Gasteiger partial charge in [-0.05, 0) is 31.2 Å². The summed E-state index contributed by atoms with van der Waals surface area (Å²) < 4.78 is 29.8. The van der Waals surface area contributed by atoms with E-state index in [2.05, 4.69) is 5.32 Å². The normalized spacial score (nSPS) is 15.3. The number of benzene rings is 1. The van der Waals surface area contributed by atoms with Crippen LogP contribution >= 0.6 is 0 Å². The van der Waals surface area contributed by atoms with E-state index in [1.54, 1.807) is 26.1 Å². The number of carbonyl (C=O) groups is 1. The second-order valence-electron chi connectivity index (χ2n) is 7.24. The van der Waals surface area contributed by atoms with E-state index >= 15 is 0 Å². The predicted molar refractivity (Wildman–Crippen MR) is 113 cm³/mol. The first-order valence-electron chi connectivity index (χ1n) is 9.43. The molecule has 0 bridgehead atoms. The minimum absolute atomic E-state index is 0.138. The third-order valence-corrected chi connectivity index (χ3v) is 7.21. The van der Waals surface area contributed by atoms with Crippen LogP contribution in [0.5, 0.6) is 0 Å². The fraction of sp³-hybridized carbons (Fsp3) is 0.421. The summed E-state index contributed by atoms with van der Waals surface area (Å²) in [6.07, 6.45) is 0. The van der Waals surface area contributed by atoms with E-state index in [1.807, 2.05) is 4.90 Å². The number of aromatic nitrogens is 2. The van der Waals surface area contributed by atoms with Gasteiger partial charge in [-0.2, -0.15) is 4.31 Å². The molecule has 1 amide bonds. The van der Waals surface area contributed by atoms with Crippen LogP contribution < -0.4 is 21.5 Å². The van der Waals surface area contributed by atoms with Crippen molar-refractivity contribution in [1.29, 1.82) is 0 Å². The summed E-state index contributed by atoms with van der Waals surface area (Å²) >= 11 is 0. The van der Waals surface area contributed by atoms with Crippen molar-refractivity contribution in [2.24, 2.45) is 14.1 Å². The van der Waals surface area contributed by atoms with Crippen molar-refractivity contribution in [2.45, 2.75) is 18.7 Å². The van der Waals surface area contributed by atoms with Crippen LogP contribution in [0.4, 0.5) is 11.4 Å². The largest absolute Gasteiger partial charge is 0.363 e. The maximum absolute atomic E-state index is 13.0. The van der Waals surface area contributed by atoms with Crippen molar-refractivity contribution in [2.75, 3.05) is 36.4 Å². The van der Waals surface area contributed by atoms with Gasteiger partial charge in [-0.1, -0.05) is 0 Å². The Morgan fingerprint density at radius 1 is 0.967 bits per heavy atom. The predicted octanol–water partition coefficient (Wildman–Crippen LogP) is -0.138. The molecule has 10 nitrogen and oxygen atoms in total. The average molecular weight is 436 g/mol. The van der Waals surface area contributed by atoms with Crippen LogP contribution in [0.1, 0.15) is 12.6 Å². The van der Waals surface area contributed by atoms with Gasteiger partial charge in [-0.15, -0.1) is 0 Å². The highest BCUT2D eigenvalue weighted by molar-refractivity contribution is 7.89. The number of carbonyl (C=O) groups excluding carboxylic acids is 1. The number of hydrogen-bond acceptors (Lipinski definition) is 6. The van der Waals surface area contributed by atoms with E-state index in [1.165, 1.54) is 35.0 Å². The van der Waals surface area contributed by atoms with Gasteiger partial charge in [0.2, 0.25) is 15.9 Å². The molecule has 2 heterocycles. The molecule has 3 rings (SSSR count). The molecule has 11 heteroatoms. The highest BCUT2D eigenvalue weighted by atomic mass is 32.2. The first kappa shape index (κ1) is 21.8. The number of hydrogen-bond donors (Lipinski definition) is 1. The molecule has 162 valence electrons. The summed E-state index contributed by atoms with van der Waals surface area (Å²) in [5.41, 5.74) is 0.696. The molecule has 1 aromatic heterocycles. The van der Waals surface area contributed by atoms with Crippen LogP contribution in [-0.4, -0.2) is 53.9 Å². The lowest BCUT2D eigenvalue weighted by Crippen LogP contribution is -2.51. The number of nitrogens with one attached hydrogen (secondary N) is 1. The number of sulfonamides is 1. The molecular weight excluding hydrogens is 410 g/mol. The number of rotatable bonds is 4. The van der Waals surface area contributed by atoms with Crippen LogP contribution in [0.15, 0.2) is 38.8 Å². The smallest absolute Gasteiger partial charge is 0.330 e. The van der Waals surface area contributed by atoms with Crippen molar-refractivity contribution >= 4 is 27.3 Å². The minimum Gasteiger partial charge on any atom is -0.363 e. The number of nitrogens with zero attached hydrogens (tertiary/aromatic N) is 4. The number of amides is 1. The first-order chi connectivity index (χ1) is 14.0. The molecule has 1 saturated heterocycles. The highest BCUT2D eigenvalue weighted by Crippen LogP contribution is 2.22. The fourth-order valence-corrected chi connectivity index (χ4v) is 4.93. The van der Waals surface area contributed by atoms with Crippen molar-refractivity contribution < 1.29 is 13.2 Å². The van der Waals surface area contributed by atoms with E-state index in [0.29, 0.717) is 30.2 Å². The topological polar surface area (TPSA) is 114 Å². The molecule has 0 unspecified atom stereocenters. The van der Waals surface area contributed by atoms with Crippen molar-refractivity contribution in [3.8, 4) is 0 Å². The van der Waals surface area contributed by atoms with Gasteiger partial charge in [0.25, 0.3) is 5.56 Å². The zero-order valence-electron chi connectivity index (χ0n) is 17.4. The Morgan fingerprint density at radius 2 is 1.53 bits per heavy atom. The van der Waals surface area contributed by atoms with E-state index < -0.39 is 15.7 Å². The second kappa shape index (κ2) is 8.07. The maximum Gasteiger partial charge on any atom is 0.330 e. The summed E-state index contributed by atoms with van der Waals surface area (Å²) in [4.78, 5) is 37.8. The van der Waals surface area contributed by atoms with E-state index in [4.69, 9.17) is 0 Å². The lowest BCUT2D eigenvalue weighted by atomic mass is 10.2. The monoisotopic (exact) mass is 435 g/mol. The fourth-order valence-electron chi connectivity index (χ4n) is 3.51. The zero-order chi connectivity index (χ0) is 22.2. The third-order valence-electron chi connectivity index (χ3n) is 5.29. The molecule has 1 aliphatic heterocycles. The summed E-state index contributed by atoms with van der Waals surface area (Å²) in [6.45, 7) is 4.17. The van der Waals surface area contributed by atoms with Crippen LogP contribution in [0.25, 0.3) is 0 Å². The molecule has 0 spiro atoms. The van der Waals surface area contributed by atoms with Gasteiger partial charge in [0.15, 0.2) is 0 Å². The van der Waals surface area contributed by atoms with Gasteiger partial charge in [-0.3, -0.25) is 18.7 Å². The Labute approximate surface area is 174 Å². The quantitative estimate of drug-likeness (QED) is 0.715. The molecule has 0 atom stereocenters. The second-order valence-corrected chi connectivity index (χ2v) is 9.17. The maximum atomic E-state index is 13.0. The van der Waals surface area contributed by atoms with Gasteiger partial charge < -0.3 is 10.2 Å². The molecule has 1 aromatic carbocycles. The minimum atomic E-state index is -3.70. The van der Waals surface area contributed by atoms with Crippen LogP contribution in [-0.2, 0) is 28.9 Å². The van der Waals surface area contributed by atoms with Crippen molar-refractivity contribution in [3.05, 3.63) is 50.8 Å². The first-order valence-corrected chi connectivity index (χ1v) is 10.9. The summed E-state index contributed by atoms with van der Waals surface area (Å²) in [5, 5.41) is 2.60. The third kappa shape index (κ3) is 3.90. The molecule has 0 aliphatic carbocycles. The Balaban J connectivity index is 1.80. The standard InChI is InChI=1S/C19H25N5O5S/c1-13-17(18(26)22(4)19(27)21(13)3)23-9-11-24(12-10-23)30(28,29)16-7-5-15(6-8-16)20-14(2)25/h5-8H,9-12H2,1-4H3,(H,20,25). The van der Waals surface area contributed by atoms with Gasteiger partial charge in [0.05, 0.1) is 4.90 Å². The Bertz CT molecular complexity index is 1190. The Morgan fingerprint density at radius 3 is 2.07 bits per heavy atom. The Hall–Kier alpha value is -2.92. The number of anilines is 2. The molecule has 0 saturated carbocycles. The van der Waals surface area contributed by atoms with Gasteiger partial charge in [0.1, 0.15) is 5.69 Å². The molecule has 1 fully saturated rings. The van der Waals surface area contributed by atoms with Crippen LogP contribution in [0.2, 0.25) is 0 Å². The zero-order valence-corrected chi connectivity index (χ0v) is 18.2. The SMILES string of the molecule is CC(=O)Nc1ccc(S(=O)(=O)N2CCN(c3c(C)n(C)c(=O)n(C)c3=O)CC2)cc1. The number of piperazine rings is 1. The summed E-state index contributed by atoms with van der Waals surface area (Å²) in [5.74, 6) is -0.235. The average Bonchev–Trinajstić information content (AvgIpc) is 2.71. The lowest BCUT2D eigenvalue weighted by Gasteiger charge is -2.35. The van der Waals surface area contributed by atoms with Crippen LogP contribution in [0.3, 0.4) is 0 Å². The van der Waals surface area contributed by atoms with Gasteiger partial charge >= 0.3 is 5.69 Å².